The number of hydrogen-bond donors (Lipinski definition) is 1. The maximum Gasteiger partial charge on any atom is 0.217 e. The van der Waals surface area contributed by atoms with Gasteiger partial charge in [-0.1, -0.05) is 68.2 Å². The van der Waals surface area contributed by atoms with Crippen LogP contribution in [0.15, 0.2) is 0 Å². The fourth-order valence-corrected chi connectivity index (χ4v) is 0.593. The predicted molar refractivity (Wildman–Crippen MR) is 81.8 cm³/mol. The van der Waals surface area contributed by atoms with Crippen molar-refractivity contribution >= 4 is 12.2 Å². The van der Waals surface area contributed by atoms with Crippen LogP contribution in [0.25, 0.3) is 0 Å². The molecule has 1 atom stereocenters. The van der Waals surface area contributed by atoms with Crippen LogP contribution in [0.4, 0.5) is 0 Å². The second-order valence-electron chi connectivity index (χ2n) is 3.61. The molecule has 0 aromatic rings. The second kappa shape index (κ2) is 25.1. The maximum atomic E-state index is 10.4. The highest BCUT2D eigenvalue weighted by Gasteiger charge is 2.11. The average molecular weight is 261 g/mol. The Bertz CT molecular complexity index is 155. The van der Waals surface area contributed by atoms with E-state index in [4.69, 9.17) is 0 Å². The molecule has 0 spiro atoms. The van der Waals surface area contributed by atoms with E-state index in [1.54, 1.807) is 0 Å². The minimum Gasteiger partial charge on any atom is -0.347 e. The summed E-state index contributed by atoms with van der Waals surface area (Å²) in [5, 5.41) is 2.52. The van der Waals surface area contributed by atoms with E-state index in [2.05, 4.69) is 19.2 Å². The standard InChI is InChI=1S/C7H13NO2.C4H10.2C2H6/c1-5(2)7(4-9)8-6(3)10;1-3-4-2;2*1-2/h4-5,7H,1-3H3,(H,8,10);3-4H2,1-2H3;2*1-2H3. The van der Waals surface area contributed by atoms with Crippen LogP contribution in [0.5, 0.6) is 0 Å². The summed E-state index contributed by atoms with van der Waals surface area (Å²) >= 11 is 0. The van der Waals surface area contributed by atoms with Gasteiger partial charge in [0, 0.05) is 6.92 Å². The highest BCUT2D eigenvalue weighted by atomic mass is 16.2. The molecule has 3 nitrogen and oxygen atoms in total. The van der Waals surface area contributed by atoms with Gasteiger partial charge >= 0.3 is 0 Å². The average Bonchev–Trinajstić information content (AvgIpc) is 2.40. The third kappa shape index (κ3) is 29.4. The number of amides is 1. The van der Waals surface area contributed by atoms with Crippen LogP contribution in [0.3, 0.4) is 0 Å². The van der Waals surface area contributed by atoms with Gasteiger partial charge in [-0.2, -0.15) is 0 Å². The number of rotatable bonds is 4. The normalized spacial score (nSPS) is 9.44. The lowest BCUT2D eigenvalue weighted by molar-refractivity contribution is -0.122. The monoisotopic (exact) mass is 261 g/mol. The molecule has 1 unspecified atom stereocenters. The Morgan fingerprint density at radius 1 is 1.06 bits per heavy atom. The van der Waals surface area contributed by atoms with Crippen molar-refractivity contribution in [3.05, 3.63) is 0 Å². The lowest BCUT2D eigenvalue weighted by Gasteiger charge is -2.13. The minimum absolute atomic E-state index is 0.161. The summed E-state index contributed by atoms with van der Waals surface area (Å²) in [6.45, 7) is 17.5. The minimum atomic E-state index is -0.336. The SMILES string of the molecule is CC.CC.CC(=O)NC(C=O)C(C)C.CCCC. The van der Waals surface area contributed by atoms with Crippen LogP contribution in [0, 0.1) is 5.92 Å². The van der Waals surface area contributed by atoms with Gasteiger partial charge in [-0.05, 0) is 5.92 Å². The molecule has 0 saturated heterocycles. The molecular weight excluding hydrogens is 226 g/mol. The second-order valence-corrected chi connectivity index (χ2v) is 3.61. The summed E-state index contributed by atoms with van der Waals surface area (Å²) in [7, 11) is 0. The van der Waals surface area contributed by atoms with Crippen molar-refractivity contribution in [2.75, 3.05) is 0 Å². The Hall–Kier alpha value is -0.860. The lowest BCUT2D eigenvalue weighted by atomic mass is 10.1. The zero-order valence-electron chi connectivity index (χ0n) is 14.0. The van der Waals surface area contributed by atoms with Gasteiger partial charge < -0.3 is 10.1 Å². The first-order chi connectivity index (χ1) is 8.49. The summed E-state index contributed by atoms with van der Waals surface area (Å²) in [5.41, 5.74) is 0. The van der Waals surface area contributed by atoms with Crippen molar-refractivity contribution in [3.8, 4) is 0 Å². The van der Waals surface area contributed by atoms with Crippen molar-refractivity contribution in [2.45, 2.75) is 81.2 Å². The van der Waals surface area contributed by atoms with Crippen molar-refractivity contribution in [1.29, 1.82) is 0 Å². The van der Waals surface area contributed by atoms with E-state index >= 15 is 0 Å². The van der Waals surface area contributed by atoms with Crippen molar-refractivity contribution in [1.82, 2.24) is 5.32 Å². The van der Waals surface area contributed by atoms with Gasteiger partial charge in [-0.15, -0.1) is 0 Å². The Morgan fingerprint density at radius 2 is 1.39 bits per heavy atom. The van der Waals surface area contributed by atoms with Crippen molar-refractivity contribution < 1.29 is 9.59 Å². The van der Waals surface area contributed by atoms with E-state index in [1.165, 1.54) is 19.8 Å². The van der Waals surface area contributed by atoms with Crippen LogP contribution in [-0.2, 0) is 9.59 Å². The van der Waals surface area contributed by atoms with E-state index in [9.17, 15) is 9.59 Å². The van der Waals surface area contributed by atoms with Crippen molar-refractivity contribution in [3.63, 3.8) is 0 Å². The van der Waals surface area contributed by atoms with E-state index in [0.717, 1.165) is 6.29 Å². The molecule has 0 aromatic heterocycles. The lowest BCUT2D eigenvalue weighted by Crippen LogP contribution is -2.38. The Balaban J connectivity index is -0.000000102. The van der Waals surface area contributed by atoms with Gasteiger partial charge in [0.05, 0.1) is 6.04 Å². The number of carbonyl (C=O) groups is 2. The van der Waals surface area contributed by atoms with Crippen LogP contribution in [0.1, 0.15) is 75.2 Å². The molecule has 0 aliphatic carbocycles. The molecule has 0 aliphatic rings. The van der Waals surface area contributed by atoms with Gasteiger partial charge in [0.2, 0.25) is 5.91 Å². The molecule has 112 valence electrons. The molecule has 0 heterocycles. The number of aldehydes is 1. The predicted octanol–water partition coefficient (Wildman–Crippen LogP) is 4.20. The smallest absolute Gasteiger partial charge is 0.217 e. The molecule has 0 aromatic carbocycles. The fraction of sp³-hybridized carbons (Fsp3) is 0.867. The van der Waals surface area contributed by atoms with Crippen LogP contribution < -0.4 is 5.32 Å². The van der Waals surface area contributed by atoms with E-state index in [-0.39, 0.29) is 17.9 Å². The van der Waals surface area contributed by atoms with Crippen molar-refractivity contribution in [2.24, 2.45) is 5.92 Å². The molecule has 1 amide bonds. The Labute approximate surface area is 115 Å². The summed E-state index contributed by atoms with van der Waals surface area (Å²) in [6.07, 6.45) is 3.39. The number of carbonyl (C=O) groups excluding carboxylic acids is 2. The molecule has 0 rings (SSSR count). The van der Waals surface area contributed by atoms with E-state index in [1.807, 2.05) is 41.5 Å². The molecule has 1 N–H and O–H groups in total. The Morgan fingerprint density at radius 3 is 1.44 bits per heavy atom. The zero-order chi connectivity index (χ0) is 15.6. The van der Waals surface area contributed by atoms with Gasteiger partial charge in [-0.25, -0.2) is 0 Å². The summed E-state index contributed by atoms with van der Waals surface area (Å²) < 4.78 is 0. The molecule has 0 bridgehead atoms. The Kier molecular flexibility index (Phi) is 36.1. The van der Waals surface area contributed by atoms with E-state index < -0.39 is 0 Å². The fourth-order valence-electron chi connectivity index (χ4n) is 0.593. The van der Waals surface area contributed by atoms with Crippen LogP contribution in [-0.4, -0.2) is 18.2 Å². The molecule has 0 aliphatic heterocycles. The van der Waals surface area contributed by atoms with Gasteiger partial charge in [0.25, 0.3) is 0 Å². The maximum absolute atomic E-state index is 10.4. The third-order valence-electron chi connectivity index (χ3n) is 1.73. The first kappa shape index (κ1) is 25.9. The van der Waals surface area contributed by atoms with Gasteiger partial charge in [0.1, 0.15) is 6.29 Å². The van der Waals surface area contributed by atoms with E-state index in [0.29, 0.717) is 0 Å². The van der Waals surface area contributed by atoms with Crippen LogP contribution in [0.2, 0.25) is 0 Å². The number of hydrogen-bond acceptors (Lipinski definition) is 2. The summed E-state index contributed by atoms with van der Waals surface area (Å²) in [4.78, 5) is 20.7. The first-order valence-corrected chi connectivity index (χ1v) is 7.21. The summed E-state index contributed by atoms with van der Waals surface area (Å²) in [6, 6.07) is -0.336. The topological polar surface area (TPSA) is 46.2 Å². The largest absolute Gasteiger partial charge is 0.347 e. The third-order valence-corrected chi connectivity index (χ3v) is 1.73. The summed E-state index contributed by atoms with van der Waals surface area (Å²) in [5.74, 6) is 0.00667. The molecule has 0 radical (unpaired) electrons. The zero-order valence-corrected chi connectivity index (χ0v) is 14.0. The molecule has 0 saturated carbocycles. The number of unbranched alkanes of at least 4 members (excludes halogenated alkanes) is 1. The first-order valence-electron chi connectivity index (χ1n) is 7.21. The quantitative estimate of drug-likeness (QED) is 0.771. The van der Waals surface area contributed by atoms with Gasteiger partial charge in [-0.3, -0.25) is 4.79 Å². The molecule has 3 heteroatoms. The molecule has 18 heavy (non-hydrogen) atoms. The molecular formula is C15H35NO2. The van der Waals surface area contributed by atoms with Crippen LogP contribution >= 0.6 is 0 Å². The molecule has 0 fully saturated rings. The highest BCUT2D eigenvalue weighted by Crippen LogP contribution is 1.97. The highest BCUT2D eigenvalue weighted by molar-refractivity contribution is 5.77. The van der Waals surface area contributed by atoms with Gasteiger partial charge in [0.15, 0.2) is 0 Å². The number of nitrogens with one attached hydrogen (secondary N) is 1.